The van der Waals surface area contributed by atoms with Crippen LogP contribution in [0.3, 0.4) is 0 Å². The van der Waals surface area contributed by atoms with Crippen molar-refractivity contribution in [2.24, 2.45) is 0 Å². The number of carbonyl (C=O) groups excluding carboxylic acids is 2. The van der Waals surface area contributed by atoms with Crippen LogP contribution in [0.2, 0.25) is 0 Å². The molecule has 3 rings (SSSR count). The molecule has 1 fully saturated rings. The van der Waals surface area contributed by atoms with E-state index < -0.39 is 34.3 Å². The average Bonchev–Trinajstić information content (AvgIpc) is 2.92. The number of benzene rings is 2. The third kappa shape index (κ3) is 8.08. The number of methoxy groups -OCH3 is 2. The van der Waals surface area contributed by atoms with Crippen molar-refractivity contribution in [3.63, 3.8) is 0 Å². The largest absolute Gasteiger partial charge is 0.493 e. The van der Waals surface area contributed by atoms with Crippen molar-refractivity contribution in [3.8, 4) is 11.5 Å². The van der Waals surface area contributed by atoms with Gasteiger partial charge in [0.05, 0.1) is 26.2 Å². The van der Waals surface area contributed by atoms with E-state index in [0.717, 1.165) is 42.7 Å². The van der Waals surface area contributed by atoms with Crippen molar-refractivity contribution >= 4 is 27.5 Å². The molecule has 9 nitrogen and oxygen atoms in total. The van der Waals surface area contributed by atoms with Gasteiger partial charge in [0.2, 0.25) is 21.8 Å². The van der Waals surface area contributed by atoms with Crippen LogP contribution in [-0.2, 0) is 26.2 Å². The molecule has 0 aromatic heterocycles. The van der Waals surface area contributed by atoms with Gasteiger partial charge in [0.1, 0.15) is 18.4 Å². The predicted octanol–water partition coefficient (Wildman–Crippen LogP) is 3.87. The van der Waals surface area contributed by atoms with Crippen LogP contribution in [0, 0.1) is 5.82 Å². The molecule has 11 heteroatoms. The first kappa shape index (κ1) is 30.2. The molecule has 214 valence electrons. The summed E-state index contributed by atoms with van der Waals surface area (Å²) < 4.78 is 50.8. The molecule has 0 unspecified atom stereocenters. The smallest absolute Gasteiger partial charge is 0.244 e. The highest BCUT2D eigenvalue weighted by molar-refractivity contribution is 7.92. The summed E-state index contributed by atoms with van der Waals surface area (Å²) in [5.41, 5.74) is 0.829. The standard InChI is InChI=1S/C28H38FN3O6S/c1-5-24(28(34)30-22-9-7-6-8-10-22)31(18-20-11-13-21(29)14-12-20)27(33)19-32(39(4,35)36)23-15-16-25(37-2)26(17-23)38-3/h11-17,22,24H,5-10,18-19H2,1-4H3,(H,30,34)/t24-/m0/s1. The van der Waals surface area contributed by atoms with E-state index >= 15 is 0 Å². The van der Waals surface area contributed by atoms with Crippen molar-refractivity contribution < 1.29 is 31.9 Å². The van der Waals surface area contributed by atoms with Crippen molar-refractivity contribution in [3.05, 3.63) is 53.8 Å². The van der Waals surface area contributed by atoms with E-state index in [1.165, 1.54) is 43.4 Å². The van der Waals surface area contributed by atoms with Gasteiger partial charge in [0, 0.05) is 18.7 Å². The monoisotopic (exact) mass is 563 g/mol. The van der Waals surface area contributed by atoms with E-state index in [1.807, 2.05) is 0 Å². The average molecular weight is 564 g/mol. The summed E-state index contributed by atoms with van der Waals surface area (Å²) in [6.07, 6.45) is 6.30. The molecule has 2 amide bonds. The van der Waals surface area contributed by atoms with Crippen molar-refractivity contribution in [1.29, 1.82) is 0 Å². The minimum absolute atomic E-state index is 0.0131. The van der Waals surface area contributed by atoms with Crippen LogP contribution in [0.25, 0.3) is 0 Å². The quantitative estimate of drug-likeness (QED) is 0.421. The van der Waals surface area contributed by atoms with Gasteiger partial charge in [-0.05, 0) is 49.1 Å². The number of sulfonamides is 1. The summed E-state index contributed by atoms with van der Waals surface area (Å²) in [6.45, 7) is 1.28. The van der Waals surface area contributed by atoms with Crippen LogP contribution in [0.5, 0.6) is 11.5 Å². The Morgan fingerprint density at radius 1 is 1.03 bits per heavy atom. The topological polar surface area (TPSA) is 105 Å². The summed E-state index contributed by atoms with van der Waals surface area (Å²) in [6, 6.07) is 9.42. The van der Waals surface area contributed by atoms with Crippen LogP contribution in [0.4, 0.5) is 10.1 Å². The first-order valence-corrected chi connectivity index (χ1v) is 15.0. The zero-order valence-corrected chi connectivity index (χ0v) is 23.8. The number of nitrogens with one attached hydrogen (secondary N) is 1. The van der Waals surface area contributed by atoms with Crippen molar-refractivity contribution in [2.75, 3.05) is 31.3 Å². The summed E-state index contributed by atoms with van der Waals surface area (Å²) in [7, 11) is -1.01. The van der Waals surface area contributed by atoms with Gasteiger partial charge in [-0.1, -0.05) is 38.3 Å². The highest BCUT2D eigenvalue weighted by Gasteiger charge is 2.33. The predicted molar refractivity (Wildman–Crippen MR) is 148 cm³/mol. The Morgan fingerprint density at radius 3 is 2.23 bits per heavy atom. The second-order valence-electron chi connectivity index (χ2n) is 9.72. The number of nitrogens with zero attached hydrogens (tertiary/aromatic N) is 2. The molecule has 39 heavy (non-hydrogen) atoms. The lowest BCUT2D eigenvalue weighted by Gasteiger charge is -2.34. The molecule has 1 N–H and O–H groups in total. The fraction of sp³-hybridized carbons (Fsp3) is 0.500. The van der Waals surface area contributed by atoms with E-state index in [9.17, 15) is 22.4 Å². The molecule has 2 aromatic rings. The van der Waals surface area contributed by atoms with Crippen LogP contribution in [0.15, 0.2) is 42.5 Å². The number of rotatable bonds is 12. The van der Waals surface area contributed by atoms with Gasteiger partial charge in [0.25, 0.3) is 0 Å². The first-order chi connectivity index (χ1) is 18.6. The molecule has 1 saturated carbocycles. The Morgan fingerprint density at radius 2 is 1.67 bits per heavy atom. The van der Waals surface area contributed by atoms with Crippen LogP contribution in [0.1, 0.15) is 51.0 Å². The molecule has 0 aliphatic heterocycles. The van der Waals surface area contributed by atoms with E-state index in [2.05, 4.69) is 5.32 Å². The molecule has 0 radical (unpaired) electrons. The third-order valence-electron chi connectivity index (χ3n) is 6.94. The molecular weight excluding hydrogens is 525 g/mol. The Hall–Kier alpha value is -3.34. The molecule has 0 heterocycles. The minimum Gasteiger partial charge on any atom is -0.493 e. The molecule has 1 atom stereocenters. The summed E-state index contributed by atoms with van der Waals surface area (Å²) in [5.74, 6) is -0.556. The van der Waals surface area contributed by atoms with Gasteiger partial charge in [-0.3, -0.25) is 13.9 Å². The second-order valence-corrected chi connectivity index (χ2v) is 11.6. The van der Waals surface area contributed by atoms with Gasteiger partial charge >= 0.3 is 0 Å². The lowest BCUT2D eigenvalue weighted by molar-refractivity contribution is -0.140. The Balaban J connectivity index is 1.94. The minimum atomic E-state index is -3.91. The number of carbonyl (C=O) groups is 2. The first-order valence-electron chi connectivity index (χ1n) is 13.1. The Bertz CT molecular complexity index is 1230. The second kappa shape index (κ2) is 13.6. The van der Waals surface area contributed by atoms with Crippen LogP contribution in [-0.4, -0.2) is 64.2 Å². The van der Waals surface area contributed by atoms with Crippen LogP contribution < -0.4 is 19.1 Å². The highest BCUT2D eigenvalue weighted by atomic mass is 32.2. The van der Waals surface area contributed by atoms with Gasteiger partial charge < -0.3 is 19.7 Å². The number of hydrogen-bond donors (Lipinski definition) is 1. The molecular formula is C28H38FN3O6S. The number of hydrogen-bond acceptors (Lipinski definition) is 6. The third-order valence-corrected chi connectivity index (χ3v) is 8.08. The Labute approximate surface area is 230 Å². The maximum Gasteiger partial charge on any atom is 0.244 e. The number of ether oxygens (including phenoxy) is 2. The lowest BCUT2D eigenvalue weighted by Crippen LogP contribution is -2.53. The maximum atomic E-state index is 13.8. The van der Waals surface area contributed by atoms with Crippen molar-refractivity contribution in [2.45, 2.75) is 64.1 Å². The van der Waals surface area contributed by atoms with Gasteiger partial charge in [-0.15, -0.1) is 0 Å². The zero-order valence-electron chi connectivity index (χ0n) is 23.0. The number of amides is 2. The fourth-order valence-corrected chi connectivity index (χ4v) is 5.69. The van der Waals surface area contributed by atoms with E-state index in [4.69, 9.17) is 9.47 Å². The molecule has 0 spiro atoms. The fourth-order valence-electron chi connectivity index (χ4n) is 4.84. The van der Waals surface area contributed by atoms with E-state index in [1.54, 1.807) is 25.1 Å². The van der Waals surface area contributed by atoms with Crippen LogP contribution >= 0.6 is 0 Å². The molecule has 2 aromatic carbocycles. The lowest BCUT2D eigenvalue weighted by atomic mass is 9.95. The molecule has 0 saturated heterocycles. The molecule has 1 aliphatic carbocycles. The summed E-state index contributed by atoms with van der Waals surface area (Å²) in [5, 5.41) is 3.09. The SMILES string of the molecule is CC[C@@H](C(=O)NC1CCCCC1)N(Cc1ccc(F)cc1)C(=O)CN(c1ccc(OC)c(OC)c1)S(C)(=O)=O. The van der Waals surface area contributed by atoms with Gasteiger partial charge in [-0.25, -0.2) is 12.8 Å². The number of anilines is 1. The van der Waals surface area contributed by atoms with Gasteiger partial charge in [-0.2, -0.15) is 0 Å². The van der Waals surface area contributed by atoms with E-state index in [-0.39, 0.29) is 24.2 Å². The summed E-state index contributed by atoms with van der Waals surface area (Å²) in [4.78, 5) is 28.6. The molecule has 1 aliphatic rings. The summed E-state index contributed by atoms with van der Waals surface area (Å²) >= 11 is 0. The zero-order chi connectivity index (χ0) is 28.6. The van der Waals surface area contributed by atoms with Gasteiger partial charge in [0.15, 0.2) is 11.5 Å². The normalized spacial score (nSPS) is 14.8. The Kier molecular flexibility index (Phi) is 10.6. The molecule has 0 bridgehead atoms. The number of halogens is 1. The van der Waals surface area contributed by atoms with Crippen molar-refractivity contribution in [1.82, 2.24) is 10.2 Å². The highest BCUT2D eigenvalue weighted by Crippen LogP contribution is 2.32. The van der Waals surface area contributed by atoms with E-state index in [0.29, 0.717) is 23.5 Å². The maximum absolute atomic E-state index is 13.8.